The van der Waals surface area contributed by atoms with E-state index in [2.05, 4.69) is 26.6 Å². The van der Waals surface area contributed by atoms with E-state index < -0.39 is 0 Å². The zero-order chi connectivity index (χ0) is 17.1. The number of hydrogen-bond acceptors (Lipinski definition) is 3. The molecule has 4 rings (SSSR count). The molecule has 0 aliphatic carbocycles. The molecule has 2 aromatic carbocycles. The van der Waals surface area contributed by atoms with E-state index >= 15 is 0 Å². The molecule has 0 radical (unpaired) electrons. The number of nitrogens with one attached hydrogen (secondary N) is 2. The van der Waals surface area contributed by atoms with Crippen LogP contribution in [0.5, 0.6) is 0 Å². The van der Waals surface area contributed by atoms with Gasteiger partial charge in [-0.3, -0.25) is 4.79 Å². The number of aromatic nitrogens is 3. The van der Waals surface area contributed by atoms with Crippen LogP contribution in [0.15, 0.2) is 72.9 Å². The summed E-state index contributed by atoms with van der Waals surface area (Å²) in [4.78, 5) is 15.4. The first kappa shape index (κ1) is 15.1. The molecule has 0 saturated carbocycles. The minimum absolute atomic E-state index is 0.235. The normalized spacial score (nSPS) is 10.7. The van der Waals surface area contributed by atoms with Crippen molar-refractivity contribution < 1.29 is 4.79 Å². The number of carbonyl (C=O) groups excluding carboxylic acids is 1. The van der Waals surface area contributed by atoms with E-state index in [9.17, 15) is 4.79 Å². The van der Waals surface area contributed by atoms with Gasteiger partial charge in [0.1, 0.15) is 0 Å². The molecule has 2 aromatic heterocycles. The van der Waals surface area contributed by atoms with Crippen LogP contribution in [-0.4, -0.2) is 21.1 Å². The van der Waals surface area contributed by atoms with Gasteiger partial charge in [0.05, 0.1) is 5.69 Å². The van der Waals surface area contributed by atoms with Crippen LogP contribution in [0.3, 0.4) is 0 Å². The zero-order valence-corrected chi connectivity index (χ0v) is 13.4. The number of hydrogen-bond donors (Lipinski definition) is 2. The van der Waals surface area contributed by atoms with Gasteiger partial charge in [0.25, 0.3) is 5.91 Å². The Kier molecular flexibility index (Phi) is 3.96. The highest BCUT2D eigenvalue weighted by Crippen LogP contribution is 2.16. The van der Waals surface area contributed by atoms with Crippen LogP contribution in [0.1, 0.15) is 16.1 Å². The lowest BCUT2D eigenvalue weighted by Gasteiger charge is -2.06. The van der Waals surface area contributed by atoms with E-state index in [-0.39, 0.29) is 5.91 Å². The molecule has 0 fully saturated rings. The summed E-state index contributed by atoms with van der Waals surface area (Å²) >= 11 is 0. The Morgan fingerprint density at radius 3 is 2.64 bits per heavy atom. The molecule has 0 aliphatic heterocycles. The minimum Gasteiger partial charge on any atom is -0.361 e. The molecule has 0 spiro atoms. The molecule has 0 atom stereocenters. The molecule has 4 aromatic rings. The van der Waals surface area contributed by atoms with E-state index in [0.717, 1.165) is 27.7 Å². The molecular formula is C20H16N4O. The largest absolute Gasteiger partial charge is 0.361 e. The molecule has 5 nitrogen and oxygen atoms in total. The van der Waals surface area contributed by atoms with Crippen LogP contribution in [0.4, 0.5) is 0 Å². The number of H-pyrrole nitrogens is 1. The first-order chi connectivity index (χ1) is 12.3. The van der Waals surface area contributed by atoms with Crippen molar-refractivity contribution in [3.63, 3.8) is 0 Å². The third-order valence-corrected chi connectivity index (χ3v) is 4.04. The molecule has 122 valence electrons. The van der Waals surface area contributed by atoms with Gasteiger partial charge in [0.2, 0.25) is 0 Å². The molecule has 2 N–H and O–H groups in total. The summed E-state index contributed by atoms with van der Waals surface area (Å²) in [6.45, 7) is 0.446. The maximum Gasteiger partial charge on any atom is 0.272 e. The van der Waals surface area contributed by atoms with Gasteiger partial charge >= 0.3 is 0 Å². The number of rotatable bonds is 4. The van der Waals surface area contributed by atoms with Gasteiger partial charge in [0.15, 0.2) is 5.69 Å². The van der Waals surface area contributed by atoms with Gasteiger partial charge in [-0.15, -0.1) is 10.2 Å². The lowest BCUT2D eigenvalue weighted by Crippen LogP contribution is -2.24. The fourth-order valence-electron chi connectivity index (χ4n) is 2.70. The lowest BCUT2D eigenvalue weighted by molar-refractivity contribution is 0.0945. The summed E-state index contributed by atoms with van der Waals surface area (Å²) < 4.78 is 0. The van der Waals surface area contributed by atoms with E-state index in [1.165, 1.54) is 0 Å². The number of nitrogens with zero attached hydrogens (tertiary/aromatic N) is 2. The second-order valence-electron chi connectivity index (χ2n) is 5.75. The second kappa shape index (κ2) is 6.57. The Morgan fingerprint density at radius 2 is 1.84 bits per heavy atom. The Morgan fingerprint density at radius 1 is 0.960 bits per heavy atom. The van der Waals surface area contributed by atoms with E-state index in [4.69, 9.17) is 0 Å². The Bertz CT molecular complexity index is 1010. The maximum atomic E-state index is 12.3. The first-order valence-electron chi connectivity index (χ1n) is 8.03. The quantitative estimate of drug-likeness (QED) is 0.602. The third kappa shape index (κ3) is 3.26. The number of aromatic amines is 1. The van der Waals surface area contributed by atoms with Crippen LogP contribution in [0.2, 0.25) is 0 Å². The number of fused-ring (bicyclic) bond motifs is 1. The van der Waals surface area contributed by atoms with Crippen molar-refractivity contribution in [2.45, 2.75) is 6.54 Å². The molecule has 0 aliphatic rings. The first-order valence-corrected chi connectivity index (χ1v) is 8.03. The number of amides is 1. The summed E-state index contributed by atoms with van der Waals surface area (Å²) in [5, 5.41) is 12.2. The molecule has 1 amide bonds. The van der Waals surface area contributed by atoms with E-state index in [0.29, 0.717) is 12.2 Å². The van der Waals surface area contributed by atoms with E-state index in [1.54, 1.807) is 6.07 Å². The second-order valence-corrected chi connectivity index (χ2v) is 5.75. The average molecular weight is 328 g/mol. The molecule has 5 heteroatoms. The van der Waals surface area contributed by atoms with Crippen LogP contribution >= 0.6 is 0 Å². The van der Waals surface area contributed by atoms with E-state index in [1.807, 2.05) is 60.8 Å². The monoisotopic (exact) mass is 328 g/mol. The Balaban J connectivity index is 1.44. The lowest BCUT2D eigenvalue weighted by atomic mass is 10.1. The van der Waals surface area contributed by atoms with Crippen molar-refractivity contribution in [2.24, 2.45) is 0 Å². The highest BCUT2D eigenvalue weighted by molar-refractivity contribution is 5.92. The van der Waals surface area contributed by atoms with Crippen LogP contribution in [0, 0.1) is 0 Å². The van der Waals surface area contributed by atoms with Crippen LogP contribution in [0.25, 0.3) is 22.2 Å². The highest BCUT2D eigenvalue weighted by Gasteiger charge is 2.09. The van der Waals surface area contributed by atoms with Crippen LogP contribution < -0.4 is 5.32 Å². The van der Waals surface area contributed by atoms with Crippen molar-refractivity contribution in [3.05, 3.63) is 84.2 Å². The maximum absolute atomic E-state index is 12.3. The van der Waals surface area contributed by atoms with Gasteiger partial charge in [-0.25, -0.2) is 0 Å². The predicted molar refractivity (Wildman–Crippen MR) is 96.9 cm³/mol. The standard InChI is InChI=1S/C20H16N4O/c25-20(22-13-14-6-7-17-16(12-14)10-11-21-17)19-9-8-18(23-24-19)15-4-2-1-3-5-15/h1-12,21H,13H2,(H,22,25). The summed E-state index contributed by atoms with van der Waals surface area (Å²) in [5.41, 5.74) is 4.14. The molecule has 25 heavy (non-hydrogen) atoms. The number of carbonyl (C=O) groups is 1. The van der Waals surface area contributed by atoms with Gasteiger partial charge < -0.3 is 10.3 Å². The summed E-state index contributed by atoms with van der Waals surface area (Å²) in [6.07, 6.45) is 1.90. The fourth-order valence-corrected chi connectivity index (χ4v) is 2.70. The topological polar surface area (TPSA) is 70.7 Å². The number of benzene rings is 2. The van der Waals surface area contributed by atoms with Gasteiger partial charge in [0, 0.05) is 23.8 Å². The Hall–Kier alpha value is -3.47. The molecular weight excluding hydrogens is 312 g/mol. The molecule has 0 saturated heterocycles. The molecule has 0 unspecified atom stereocenters. The van der Waals surface area contributed by atoms with Crippen LogP contribution in [-0.2, 0) is 6.54 Å². The fraction of sp³-hybridized carbons (Fsp3) is 0.0500. The van der Waals surface area contributed by atoms with Gasteiger partial charge in [-0.1, -0.05) is 36.4 Å². The molecule has 0 bridgehead atoms. The summed E-state index contributed by atoms with van der Waals surface area (Å²) in [5.74, 6) is -0.235. The van der Waals surface area contributed by atoms with Crippen molar-refractivity contribution >= 4 is 16.8 Å². The third-order valence-electron chi connectivity index (χ3n) is 4.04. The van der Waals surface area contributed by atoms with Gasteiger partial charge in [-0.05, 0) is 41.3 Å². The zero-order valence-electron chi connectivity index (χ0n) is 13.4. The predicted octanol–water partition coefficient (Wildman–Crippen LogP) is 3.55. The minimum atomic E-state index is -0.235. The molecule has 2 heterocycles. The van der Waals surface area contributed by atoms with Crippen molar-refractivity contribution in [3.8, 4) is 11.3 Å². The van der Waals surface area contributed by atoms with Gasteiger partial charge in [-0.2, -0.15) is 0 Å². The highest BCUT2D eigenvalue weighted by atomic mass is 16.1. The van der Waals surface area contributed by atoms with Crippen molar-refractivity contribution in [2.75, 3.05) is 0 Å². The summed E-state index contributed by atoms with van der Waals surface area (Å²) in [7, 11) is 0. The van der Waals surface area contributed by atoms with Crippen molar-refractivity contribution in [1.82, 2.24) is 20.5 Å². The summed E-state index contributed by atoms with van der Waals surface area (Å²) in [6, 6.07) is 21.3. The average Bonchev–Trinajstić information content (AvgIpc) is 3.15. The SMILES string of the molecule is O=C(NCc1ccc2[nH]ccc2c1)c1ccc(-c2ccccc2)nn1. The Labute approximate surface area is 144 Å². The smallest absolute Gasteiger partial charge is 0.272 e. The van der Waals surface area contributed by atoms with Crippen molar-refractivity contribution in [1.29, 1.82) is 0 Å².